The Morgan fingerprint density at radius 2 is 2.21 bits per heavy atom. The number of aryl methyl sites for hydroxylation is 2. The third kappa shape index (κ3) is 1.40. The molecule has 0 unspecified atom stereocenters. The van der Waals surface area contributed by atoms with E-state index >= 15 is 0 Å². The van der Waals surface area contributed by atoms with E-state index in [1.807, 2.05) is 18.8 Å². The van der Waals surface area contributed by atoms with Crippen LogP contribution in [0.2, 0.25) is 0 Å². The van der Waals surface area contributed by atoms with Crippen LogP contribution in [0.1, 0.15) is 11.3 Å². The smallest absolute Gasteiger partial charge is 0.0929 e. The minimum absolute atomic E-state index is 0.857. The standard InChI is InChI=1S/C11H15N3/c1-8-4-5-9-10(6-8)13-14(3)11(9)7-12-2/h4-6,12H,7H2,1-3H3. The highest BCUT2D eigenvalue weighted by Gasteiger charge is 2.06. The largest absolute Gasteiger partial charge is 0.314 e. The monoisotopic (exact) mass is 189 g/mol. The van der Waals surface area contributed by atoms with Crippen molar-refractivity contribution in [1.82, 2.24) is 15.1 Å². The first-order valence-electron chi connectivity index (χ1n) is 4.79. The van der Waals surface area contributed by atoms with E-state index in [4.69, 9.17) is 0 Å². The van der Waals surface area contributed by atoms with Crippen molar-refractivity contribution in [2.75, 3.05) is 7.05 Å². The summed E-state index contributed by atoms with van der Waals surface area (Å²) in [7, 11) is 3.94. The van der Waals surface area contributed by atoms with Gasteiger partial charge in [0.15, 0.2) is 0 Å². The fourth-order valence-corrected chi connectivity index (χ4v) is 1.74. The van der Waals surface area contributed by atoms with Gasteiger partial charge >= 0.3 is 0 Å². The Balaban J connectivity index is 2.64. The molecular formula is C11H15N3. The normalized spacial score (nSPS) is 11.1. The lowest BCUT2D eigenvalue weighted by molar-refractivity contribution is 0.679. The zero-order valence-corrected chi connectivity index (χ0v) is 8.83. The lowest BCUT2D eigenvalue weighted by atomic mass is 10.1. The van der Waals surface area contributed by atoms with E-state index in [9.17, 15) is 0 Å². The van der Waals surface area contributed by atoms with Crippen molar-refractivity contribution in [3.8, 4) is 0 Å². The number of nitrogens with one attached hydrogen (secondary N) is 1. The molecule has 0 atom stereocenters. The Kier molecular flexibility index (Phi) is 2.25. The molecule has 0 bridgehead atoms. The van der Waals surface area contributed by atoms with Gasteiger partial charge in [-0.05, 0) is 25.6 Å². The first-order valence-corrected chi connectivity index (χ1v) is 4.79. The second kappa shape index (κ2) is 3.42. The van der Waals surface area contributed by atoms with E-state index in [0.717, 1.165) is 12.1 Å². The van der Waals surface area contributed by atoms with E-state index in [0.29, 0.717) is 0 Å². The molecule has 0 aliphatic carbocycles. The van der Waals surface area contributed by atoms with Crippen molar-refractivity contribution in [2.24, 2.45) is 7.05 Å². The molecule has 3 nitrogen and oxygen atoms in total. The fraction of sp³-hybridized carbons (Fsp3) is 0.364. The molecule has 0 fully saturated rings. The molecule has 0 radical (unpaired) electrons. The Morgan fingerprint density at radius 3 is 2.93 bits per heavy atom. The number of nitrogens with zero attached hydrogens (tertiary/aromatic N) is 2. The third-order valence-corrected chi connectivity index (χ3v) is 2.46. The van der Waals surface area contributed by atoms with Crippen molar-refractivity contribution >= 4 is 10.9 Å². The van der Waals surface area contributed by atoms with Crippen molar-refractivity contribution < 1.29 is 0 Å². The molecule has 0 amide bonds. The highest BCUT2D eigenvalue weighted by atomic mass is 15.3. The van der Waals surface area contributed by atoms with Gasteiger partial charge in [-0.25, -0.2) is 0 Å². The van der Waals surface area contributed by atoms with Gasteiger partial charge in [-0.15, -0.1) is 0 Å². The molecule has 1 aromatic carbocycles. The summed E-state index contributed by atoms with van der Waals surface area (Å²) < 4.78 is 1.95. The summed E-state index contributed by atoms with van der Waals surface area (Å²) in [6.45, 7) is 2.95. The number of aromatic nitrogens is 2. The fourth-order valence-electron chi connectivity index (χ4n) is 1.74. The molecule has 14 heavy (non-hydrogen) atoms. The summed E-state index contributed by atoms with van der Waals surface area (Å²) in [5.41, 5.74) is 3.58. The van der Waals surface area contributed by atoms with Gasteiger partial charge in [0.2, 0.25) is 0 Å². The molecule has 0 saturated heterocycles. The van der Waals surface area contributed by atoms with Crippen LogP contribution < -0.4 is 5.32 Å². The maximum absolute atomic E-state index is 4.47. The van der Waals surface area contributed by atoms with Crippen LogP contribution in [0.15, 0.2) is 18.2 Å². The molecular weight excluding hydrogens is 174 g/mol. The predicted octanol–water partition coefficient (Wildman–Crippen LogP) is 1.60. The molecule has 1 heterocycles. The highest BCUT2D eigenvalue weighted by molar-refractivity contribution is 5.82. The molecule has 2 rings (SSSR count). The predicted molar refractivity (Wildman–Crippen MR) is 58.2 cm³/mol. The first kappa shape index (κ1) is 9.21. The Morgan fingerprint density at radius 1 is 1.43 bits per heavy atom. The van der Waals surface area contributed by atoms with Gasteiger partial charge in [-0.3, -0.25) is 4.68 Å². The molecule has 3 heteroatoms. The van der Waals surface area contributed by atoms with Crippen LogP contribution in [0.5, 0.6) is 0 Å². The summed E-state index contributed by atoms with van der Waals surface area (Å²) in [4.78, 5) is 0. The number of hydrogen-bond acceptors (Lipinski definition) is 2. The Bertz CT molecular complexity index is 457. The van der Waals surface area contributed by atoms with Gasteiger partial charge in [-0.1, -0.05) is 12.1 Å². The molecule has 0 aliphatic rings. The van der Waals surface area contributed by atoms with Crippen molar-refractivity contribution in [3.63, 3.8) is 0 Å². The maximum atomic E-state index is 4.47. The van der Waals surface area contributed by atoms with Gasteiger partial charge in [0.05, 0.1) is 11.2 Å². The zero-order valence-electron chi connectivity index (χ0n) is 8.83. The minimum atomic E-state index is 0.857. The maximum Gasteiger partial charge on any atom is 0.0929 e. The summed E-state index contributed by atoms with van der Waals surface area (Å²) >= 11 is 0. The molecule has 74 valence electrons. The van der Waals surface area contributed by atoms with Gasteiger partial charge in [0, 0.05) is 19.0 Å². The van der Waals surface area contributed by atoms with E-state index in [2.05, 4.69) is 35.5 Å². The highest BCUT2D eigenvalue weighted by Crippen LogP contribution is 2.18. The first-order chi connectivity index (χ1) is 6.72. The van der Waals surface area contributed by atoms with Crippen LogP contribution in [0.3, 0.4) is 0 Å². The lowest BCUT2D eigenvalue weighted by Gasteiger charge is -2.00. The SMILES string of the molecule is CNCc1c2ccc(C)cc2nn1C. The van der Waals surface area contributed by atoms with Crippen molar-refractivity contribution in [1.29, 1.82) is 0 Å². The molecule has 0 spiro atoms. The number of rotatable bonds is 2. The van der Waals surface area contributed by atoms with Gasteiger partial charge in [0.1, 0.15) is 0 Å². The van der Waals surface area contributed by atoms with Crippen LogP contribution in [0, 0.1) is 6.92 Å². The van der Waals surface area contributed by atoms with Crippen LogP contribution in [0.4, 0.5) is 0 Å². The average Bonchev–Trinajstić information content (AvgIpc) is 2.43. The second-order valence-corrected chi connectivity index (χ2v) is 3.62. The average molecular weight is 189 g/mol. The molecule has 1 aromatic heterocycles. The molecule has 0 aliphatic heterocycles. The quantitative estimate of drug-likeness (QED) is 0.777. The zero-order chi connectivity index (χ0) is 10.1. The van der Waals surface area contributed by atoms with E-state index < -0.39 is 0 Å². The topological polar surface area (TPSA) is 29.9 Å². The summed E-state index contributed by atoms with van der Waals surface area (Å²) in [5, 5.41) is 8.87. The van der Waals surface area contributed by atoms with Crippen LogP contribution in [0.25, 0.3) is 10.9 Å². The molecule has 0 saturated carbocycles. The summed E-state index contributed by atoms with van der Waals surface area (Å²) in [5.74, 6) is 0. The lowest BCUT2D eigenvalue weighted by Crippen LogP contribution is -2.09. The molecule has 1 N–H and O–H groups in total. The van der Waals surface area contributed by atoms with Crippen molar-refractivity contribution in [2.45, 2.75) is 13.5 Å². The van der Waals surface area contributed by atoms with Gasteiger partial charge in [0.25, 0.3) is 0 Å². The van der Waals surface area contributed by atoms with Gasteiger partial charge < -0.3 is 5.32 Å². The second-order valence-electron chi connectivity index (χ2n) is 3.62. The Hall–Kier alpha value is -1.35. The number of fused-ring (bicyclic) bond motifs is 1. The third-order valence-electron chi connectivity index (χ3n) is 2.46. The van der Waals surface area contributed by atoms with Crippen LogP contribution >= 0.6 is 0 Å². The minimum Gasteiger partial charge on any atom is -0.314 e. The summed E-state index contributed by atoms with van der Waals surface area (Å²) in [6, 6.07) is 6.39. The van der Waals surface area contributed by atoms with Gasteiger partial charge in [-0.2, -0.15) is 5.10 Å². The van der Waals surface area contributed by atoms with Crippen LogP contribution in [-0.2, 0) is 13.6 Å². The van der Waals surface area contributed by atoms with E-state index in [1.54, 1.807) is 0 Å². The van der Waals surface area contributed by atoms with E-state index in [-0.39, 0.29) is 0 Å². The van der Waals surface area contributed by atoms with E-state index in [1.165, 1.54) is 16.6 Å². The number of benzene rings is 1. The molecule has 2 aromatic rings. The Labute approximate surface area is 83.7 Å². The summed E-state index contributed by atoms with van der Waals surface area (Å²) in [6.07, 6.45) is 0. The number of hydrogen-bond donors (Lipinski definition) is 1. The van der Waals surface area contributed by atoms with Crippen LogP contribution in [-0.4, -0.2) is 16.8 Å². The van der Waals surface area contributed by atoms with Crippen molar-refractivity contribution in [3.05, 3.63) is 29.5 Å².